The van der Waals surface area contributed by atoms with Crippen molar-refractivity contribution in [2.24, 2.45) is 0 Å². The van der Waals surface area contributed by atoms with E-state index in [1.54, 1.807) is 0 Å². The number of cyclic esters (lactones) is 1. The number of esters is 1. The van der Waals surface area contributed by atoms with E-state index in [4.69, 9.17) is 4.74 Å². The zero-order chi connectivity index (χ0) is 14.6. The molecule has 0 spiro atoms. The van der Waals surface area contributed by atoms with Crippen LogP contribution in [0.15, 0.2) is 30.6 Å². The highest BCUT2D eigenvalue weighted by molar-refractivity contribution is 5.90. The normalized spacial score (nSPS) is 20.0. The molecular weight excluding hydrogens is 264 g/mol. The third-order valence-corrected chi connectivity index (χ3v) is 4.45. The highest BCUT2D eigenvalue weighted by Crippen LogP contribution is 2.34. The first-order valence-electron chi connectivity index (χ1n) is 7.39. The lowest BCUT2D eigenvalue weighted by molar-refractivity contribution is -0.00853. The first-order chi connectivity index (χ1) is 10.0. The number of imidazole rings is 1. The number of carbonyl (C=O) groups is 1. The number of benzene rings is 1. The van der Waals surface area contributed by atoms with Crippen LogP contribution in [0.25, 0.3) is 0 Å². The van der Waals surface area contributed by atoms with E-state index in [-0.39, 0.29) is 12.0 Å². The molecule has 0 radical (unpaired) electrons. The summed E-state index contributed by atoms with van der Waals surface area (Å²) in [6.45, 7) is 3.86. The van der Waals surface area contributed by atoms with Gasteiger partial charge in [-0.1, -0.05) is 24.3 Å². The number of ether oxygens (including phenoxy) is 1. The first kappa shape index (κ1) is 12.6. The average molecular weight is 282 g/mol. The molecular formula is C17H18N2O2. The molecule has 2 aromatic rings. The summed E-state index contributed by atoms with van der Waals surface area (Å²) in [6.07, 6.45) is 4.40. The molecule has 0 saturated carbocycles. The summed E-state index contributed by atoms with van der Waals surface area (Å²) >= 11 is 0. The molecule has 21 heavy (non-hydrogen) atoms. The van der Waals surface area contributed by atoms with Crippen molar-refractivity contribution < 1.29 is 9.53 Å². The van der Waals surface area contributed by atoms with Crippen molar-refractivity contribution in [3.63, 3.8) is 0 Å². The number of nitrogens with zero attached hydrogens (tertiary/aromatic N) is 2. The lowest BCUT2D eigenvalue weighted by Crippen LogP contribution is -2.37. The minimum atomic E-state index is -0.456. The second kappa shape index (κ2) is 4.20. The number of rotatable bonds is 1. The van der Waals surface area contributed by atoms with Crippen molar-refractivity contribution in [1.82, 2.24) is 9.55 Å². The second-order valence-electron chi connectivity index (χ2n) is 6.60. The Bertz CT molecular complexity index is 705. The van der Waals surface area contributed by atoms with Crippen molar-refractivity contribution in [3.05, 3.63) is 53.1 Å². The topological polar surface area (TPSA) is 44.1 Å². The monoisotopic (exact) mass is 282 g/mol. The Balaban J connectivity index is 1.71. The Kier molecular flexibility index (Phi) is 2.52. The van der Waals surface area contributed by atoms with Crippen LogP contribution in [0.3, 0.4) is 0 Å². The van der Waals surface area contributed by atoms with Crippen molar-refractivity contribution in [2.75, 3.05) is 0 Å². The van der Waals surface area contributed by atoms with Gasteiger partial charge >= 0.3 is 5.97 Å². The molecule has 0 fully saturated rings. The summed E-state index contributed by atoms with van der Waals surface area (Å²) in [5.41, 5.74) is 3.80. The number of carbonyl (C=O) groups excluding carboxylic acids is 1. The van der Waals surface area contributed by atoms with Gasteiger partial charge in [0.25, 0.3) is 0 Å². The predicted octanol–water partition coefficient (Wildman–Crippen LogP) is 2.71. The van der Waals surface area contributed by atoms with Gasteiger partial charge in [-0.15, -0.1) is 0 Å². The van der Waals surface area contributed by atoms with Crippen LogP contribution in [0.4, 0.5) is 0 Å². The summed E-state index contributed by atoms with van der Waals surface area (Å²) in [6, 6.07) is 8.75. The van der Waals surface area contributed by atoms with E-state index in [0.717, 1.165) is 18.5 Å². The van der Waals surface area contributed by atoms with Crippen LogP contribution < -0.4 is 0 Å². The maximum absolute atomic E-state index is 12.3. The highest BCUT2D eigenvalue weighted by Gasteiger charge is 2.37. The molecule has 0 unspecified atom stereocenters. The zero-order valence-electron chi connectivity index (χ0n) is 12.3. The molecule has 0 saturated heterocycles. The van der Waals surface area contributed by atoms with Gasteiger partial charge in [-0.25, -0.2) is 9.78 Å². The summed E-state index contributed by atoms with van der Waals surface area (Å²) in [4.78, 5) is 16.8. The Morgan fingerprint density at radius 1 is 1.24 bits per heavy atom. The van der Waals surface area contributed by atoms with Gasteiger partial charge in [0.2, 0.25) is 0 Å². The standard InChI is InChI=1S/C17H18N2O2/c1-17(2)9-14-15(16(20)21-17)19(10-18-14)13-7-11-5-3-4-6-12(11)8-13/h3-6,10,13H,7-9H2,1-2H3. The molecule has 2 aliphatic rings. The Labute approximate surface area is 123 Å². The lowest BCUT2D eigenvalue weighted by Gasteiger charge is -2.29. The fourth-order valence-corrected chi connectivity index (χ4v) is 3.50. The van der Waals surface area contributed by atoms with Gasteiger partial charge in [0, 0.05) is 12.5 Å². The molecule has 2 heterocycles. The third-order valence-electron chi connectivity index (χ3n) is 4.45. The fraction of sp³-hybridized carbons (Fsp3) is 0.412. The van der Waals surface area contributed by atoms with E-state index in [2.05, 4.69) is 29.2 Å². The minimum absolute atomic E-state index is 0.241. The van der Waals surface area contributed by atoms with Crippen molar-refractivity contribution in [1.29, 1.82) is 0 Å². The molecule has 1 aliphatic carbocycles. The lowest BCUT2D eigenvalue weighted by atomic mass is 9.98. The van der Waals surface area contributed by atoms with E-state index in [0.29, 0.717) is 12.1 Å². The van der Waals surface area contributed by atoms with E-state index >= 15 is 0 Å². The van der Waals surface area contributed by atoms with Crippen LogP contribution in [0.1, 0.15) is 47.2 Å². The van der Waals surface area contributed by atoms with Crippen LogP contribution >= 0.6 is 0 Å². The molecule has 1 aromatic carbocycles. The number of aromatic nitrogens is 2. The SMILES string of the molecule is CC1(C)Cc2ncn(C3Cc4ccccc4C3)c2C(=O)O1. The van der Waals surface area contributed by atoms with E-state index in [1.165, 1.54) is 11.1 Å². The molecule has 4 heteroatoms. The smallest absolute Gasteiger partial charge is 0.357 e. The fourth-order valence-electron chi connectivity index (χ4n) is 3.50. The number of hydrogen-bond acceptors (Lipinski definition) is 3. The van der Waals surface area contributed by atoms with Gasteiger partial charge in [0.15, 0.2) is 5.69 Å². The van der Waals surface area contributed by atoms with Crippen LogP contribution in [-0.2, 0) is 24.0 Å². The molecule has 4 rings (SSSR count). The van der Waals surface area contributed by atoms with Crippen LogP contribution in [-0.4, -0.2) is 21.1 Å². The molecule has 108 valence electrons. The maximum atomic E-state index is 12.3. The second-order valence-corrected chi connectivity index (χ2v) is 6.60. The molecule has 0 amide bonds. The first-order valence-corrected chi connectivity index (χ1v) is 7.39. The number of hydrogen-bond donors (Lipinski definition) is 0. The van der Waals surface area contributed by atoms with Gasteiger partial charge in [0.1, 0.15) is 5.60 Å². The predicted molar refractivity (Wildman–Crippen MR) is 78.3 cm³/mol. The Morgan fingerprint density at radius 3 is 2.57 bits per heavy atom. The molecule has 0 atom stereocenters. The molecule has 1 aliphatic heterocycles. The summed E-state index contributed by atoms with van der Waals surface area (Å²) in [5.74, 6) is -0.241. The van der Waals surface area contributed by atoms with E-state index < -0.39 is 5.60 Å². The molecule has 0 N–H and O–H groups in total. The highest BCUT2D eigenvalue weighted by atomic mass is 16.6. The summed E-state index contributed by atoms with van der Waals surface area (Å²) < 4.78 is 7.56. The average Bonchev–Trinajstić information content (AvgIpc) is 2.99. The quantitative estimate of drug-likeness (QED) is 0.755. The molecule has 4 nitrogen and oxygen atoms in total. The van der Waals surface area contributed by atoms with Gasteiger partial charge in [-0.2, -0.15) is 0 Å². The van der Waals surface area contributed by atoms with Gasteiger partial charge in [-0.3, -0.25) is 0 Å². The minimum Gasteiger partial charge on any atom is -0.455 e. The van der Waals surface area contributed by atoms with Crippen LogP contribution in [0, 0.1) is 0 Å². The van der Waals surface area contributed by atoms with Gasteiger partial charge in [-0.05, 0) is 37.8 Å². The Hall–Kier alpha value is -2.10. The zero-order valence-corrected chi connectivity index (χ0v) is 12.3. The molecule has 1 aromatic heterocycles. The van der Waals surface area contributed by atoms with Crippen LogP contribution in [0.5, 0.6) is 0 Å². The van der Waals surface area contributed by atoms with E-state index in [9.17, 15) is 4.79 Å². The van der Waals surface area contributed by atoms with Gasteiger partial charge < -0.3 is 9.30 Å². The molecule has 0 bridgehead atoms. The number of fused-ring (bicyclic) bond motifs is 2. The van der Waals surface area contributed by atoms with Gasteiger partial charge in [0.05, 0.1) is 12.0 Å². The summed E-state index contributed by atoms with van der Waals surface area (Å²) in [5, 5.41) is 0. The summed E-state index contributed by atoms with van der Waals surface area (Å²) in [7, 11) is 0. The van der Waals surface area contributed by atoms with E-state index in [1.807, 2.05) is 24.7 Å². The van der Waals surface area contributed by atoms with Crippen LogP contribution in [0.2, 0.25) is 0 Å². The van der Waals surface area contributed by atoms with Crippen molar-refractivity contribution in [2.45, 2.75) is 44.8 Å². The largest absolute Gasteiger partial charge is 0.455 e. The van der Waals surface area contributed by atoms with Crippen molar-refractivity contribution >= 4 is 5.97 Å². The van der Waals surface area contributed by atoms with Crippen molar-refractivity contribution in [3.8, 4) is 0 Å². The third kappa shape index (κ3) is 1.97. The maximum Gasteiger partial charge on any atom is 0.357 e. The Morgan fingerprint density at radius 2 is 1.90 bits per heavy atom.